The fourth-order valence-corrected chi connectivity index (χ4v) is 9.66. The van der Waals surface area contributed by atoms with Crippen molar-refractivity contribution in [2.75, 3.05) is 13.6 Å². The van der Waals surface area contributed by atoms with Gasteiger partial charge in [-0.2, -0.15) is 0 Å². The van der Waals surface area contributed by atoms with Crippen LogP contribution in [0.4, 0.5) is 4.79 Å². The Hall–Kier alpha value is -4.57. The largest absolute Gasteiger partial charge is 0.471 e. The van der Waals surface area contributed by atoms with Crippen molar-refractivity contribution in [3.05, 3.63) is 53.9 Å². The van der Waals surface area contributed by atoms with E-state index in [4.69, 9.17) is 19.4 Å². The third-order valence-electron chi connectivity index (χ3n) is 10.5. The smallest absolute Gasteiger partial charge is 0.408 e. The van der Waals surface area contributed by atoms with Crippen molar-refractivity contribution < 1.29 is 37.1 Å². The molecule has 2 aromatic heterocycles. The highest BCUT2D eigenvalue weighted by molar-refractivity contribution is 7.90. The molecule has 0 radical (unpaired) electrons. The van der Waals surface area contributed by atoms with Gasteiger partial charge in [0.25, 0.3) is 5.91 Å². The molecule has 0 spiro atoms. The van der Waals surface area contributed by atoms with Crippen molar-refractivity contribution in [2.24, 2.45) is 5.92 Å². The summed E-state index contributed by atoms with van der Waals surface area (Å²) in [6.45, 7) is 5.17. The first-order chi connectivity index (χ1) is 26.2. The minimum atomic E-state index is -3.89. The second-order valence-electron chi connectivity index (χ2n) is 15.9. The Morgan fingerprint density at radius 3 is 2.47 bits per heavy atom. The van der Waals surface area contributed by atoms with Crippen molar-refractivity contribution in [2.45, 2.75) is 113 Å². The predicted molar refractivity (Wildman–Crippen MR) is 206 cm³/mol. The van der Waals surface area contributed by atoms with Crippen LogP contribution in [0.2, 0.25) is 0 Å². The molecule has 1 saturated heterocycles. The van der Waals surface area contributed by atoms with Crippen molar-refractivity contribution in [3.8, 4) is 16.5 Å². The summed E-state index contributed by atoms with van der Waals surface area (Å²) in [5.41, 5.74) is -0.491. The number of amides is 4. The fourth-order valence-electron chi connectivity index (χ4n) is 7.38. The van der Waals surface area contributed by atoms with Crippen LogP contribution in [-0.2, 0) is 29.1 Å². The third-order valence-corrected chi connectivity index (χ3v) is 13.6. The summed E-state index contributed by atoms with van der Waals surface area (Å²) in [6.07, 6.45) is 6.78. The summed E-state index contributed by atoms with van der Waals surface area (Å²) >= 11 is 1.48. The number of carbonyl (C=O) groups excluding carboxylic acids is 4. The molecule has 3 aromatic rings. The molecule has 55 heavy (non-hydrogen) atoms. The second-order valence-corrected chi connectivity index (χ2v) is 19.1. The molecule has 2 saturated carbocycles. The van der Waals surface area contributed by atoms with Gasteiger partial charge < -0.3 is 25.0 Å². The molecule has 4 amide bonds. The zero-order valence-electron chi connectivity index (χ0n) is 31.5. The highest BCUT2D eigenvalue weighted by atomic mass is 32.2. The van der Waals surface area contributed by atoms with E-state index >= 15 is 0 Å². The molecule has 2 N–H and O–H groups in total. The Kier molecular flexibility index (Phi) is 10.7. The Labute approximate surface area is 325 Å². The zero-order valence-corrected chi connectivity index (χ0v) is 33.2. The van der Waals surface area contributed by atoms with Gasteiger partial charge in [0.15, 0.2) is 0 Å². The number of hydrogen-bond acceptors (Lipinski definition) is 11. The number of thiophene rings is 1. The average Bonchev–Trinajstić information content (AvgIpc) is 4.00. The summed E-state index contributed by atoms with van der Waals surface area (Å²) in [4.78, 5) is 68.2. The average molecular weight is 793 g/mol. The Morgan fingerprint density at radius 2 is 1.78 bits per heavy atom. The van der Waals surface area contributed by atoms with Gasteiger partial charge in [0.2, 0.25) is 27.7 Å². The van der Waals surface area contributed by atoms with E-state index in [9.17, 15) is 27.6 Å². The number of allylic oxidation sites excluding steroid dienone is 1. The van der Waals surface area contributed by atoms with E-state index in [0.717, 1.165) is 22.0 Å². The Balaban J connectivity index is 1.22. The molecule has 0 bridgehead atoms. The van der Waals surface area contributed by atoms with Gasteiger partial charge >= 0.3 is 6.09 Å². The summed E-state index contributed by atoms with van der Waals surface area (Å²) < 4.78 is 39.3. The lowest BCUT2D eigenvalue weighted by atomic mass is 10.0. The van der Waals surface area contributed by atoms with Gasteiger partial charge in [-0.25, -0.2) is 27.5 Å². The van der Waals surface area contributed by atoms with Gasteiger partial charge in [-0.05, 0) is 82.9 Å². The molecular weight excluding hydrogens is 745 g/mol. The first-order valence-corrected chi connectivity index (χ1v) is 21.3. The lowest BCUT2D eigenvalue weighted by Crippen LogP contribution is -2.58. The summed E-state index contributed by atoms with van der Waals surface area (Å²) in [6, 6.07) is 9.10. The fraction of sp³-hybridized carbons (Fsp3) is 0.538. The Morgan fingerprint density at radius 1 is 1.04 bits per heavy atom. The number of sulfonamides is 1. The monoisotopic (exact) mass is 792 g/mol. The molecule has 14 nitrogen and oxygen atoms in total. The summed E-state index contributed by atoms with van der Waals surface area (Å²) in [5, 5.41) is 7.01. The van der Waals surface area contributed by atoms with Crippen LogP contribution in [0.1, 0.15) is 78.6 Å². The van der Waals surface area contributed by atoms with E-state index in [2.05, 4.69) is 10.6 Å². The van der Waals surface area contributed by atoms with Crippen LogP contribution in [0, 0.1) is 5.92 Å². The minimum absolute atomic E-state index is 0.0257. The molecule has 5 atom stereocenters. The molecular formula is C39H48N6O8S2. The standard InChI is InChI=1S/C39H48N6O8S2/c1-38(2,3)53-37(49)42-29-16-9-7-5-6-8-13-24-22-39(24,36(48)44(4)55(50,51)26-18-19-26)43-33(46)30-21-25(23-45(30)35(29)47)52-34-32(31-17-12-20-54-31)40-27-14-10-11-15-28(27)41-34/h8,10-15,17,20,24-26,29-30H,5-7,9,16,18-19,21-23H2,1-4H3,(H,42,49)(H,43,46)/b13-8-/t24?,25-,29-,30+,39-/m1/s1. The SMILES string of the molecule is CN(C(=O)[C@@]12CC1/C=C\CCCCC[C@@H](NC(=O)OC(C)(C)C)C(=O)N1C[C@H](Oc3nc4ccccc4nc3-c3cccs3)C[C@H]1C(=O)N2)S(=O)(=O)C1CC1. The van der Waals surface area contributed by atoms with Crippen molar-refractivity contribution in [1.29, 1.82) is 0 Å². The van der Waals surface area contributed by atoms with E-state index in [1.165, 1.54) is 23.3 Å². The number of hydrogen-bond donors (Lipinski definition) is 2. The third kappa shape index (κ3) is 8.35. The van der Waals surface area contributed by atoms with Crippen molar-refractivity contribution in [1.82, 2.24) is 29.8 Å². The number of benzene rings is 1. The number of rotatable bonds is 7. The maximum atomic E-state index is 14.6. The van der Waals surface area contributed by atoms with Crippen LogP contribution < -0.4 is 15.4 Å². The van der Waals surface area contributed by atoms with Gasteiger partial charge in [-0.15, -0.1) is 11.3 Å². The topological polar surface area (TPSA) is 177 Å². The van der Waals surface area contributed by atoms with Gasteiger partial charge in [0, 0.05) is 19.4 Å². The van der Waals surface area contributed by atoms with Gasteiger partial charge in [-0.3, -0.25) is 14.4 Å². The summed E-state index contributed by atoms with van der Waals surface area (Å²) in [5.74, 6) is -1.99. The number of likely N-dealkylation sites (N-methyl/N-ethyl adjacent to an activating group) is 1. The van der Waals surface area contributed by atoms with Crippen LogP contribution >= 0.6 is 11.3 Å². The predicted octanol–water partition coefficient (Wildman–Crippen LogP) is 4.95. The molecule has 2 aliphatic carbocycles. The van der Waals surface area contributed by atoms with Gasteiger partial charge in [-0.1, -0.05) is 43.2 Å². The second kappa shape index (κ2) is 15.2. The number of alkyl carbamates (subject to hydrolysis) is 1. The number of fused-ring (bicyclic) bond motifs is 3. The summed E-state index contributed by atoms with van der Waals surface area (Å²) in [7, 11) is -2.64. The number of para-hydroxylation sites is 2. The van der Waals surface area contributed by atoms with Gasteiger partial charge in [0.1, 0.15) is 35.0 Å². The molecule has 16 heteroatoms. The van der Waals surface area contributed by atoms with Crippen LogP contribution in [0.15, 0.2) is 53.9 Å². The van der Waals surface area contributed by atoms with E-state index in [1.54, 1.807) is 20.8 Å². The normalized spacial score (nSPS) is 26.8. The minimum Gasteiger partial charge on any atom is -0.471 e. The first-order valence-electron chi connectivity index (χ1n) is 18.9. The van der Waals surface area contributed by atoms with Crippen LogP contribution in [0.5, 0.6) is 5.88 Å². The number of nitrogens with one attached hydrogen (secondary N) is 2. The number of nitrogens with zero attached hydrogens (tertiary/aromatic N) is 4. The van der Waals surface area contributed by atoms with E-state index in [1.807, 2.05) is 53.9 Å². The molecule has 1 unspecified atom stereocenters. The van der Waals surface area contributed by atoms with Crippen LogP contribution in [0.3, 0.4) is 0 Å². The molecule has 2 aliphatic heterocycles. The molecule has 294 valence electrons. The van der Waals surface area contributed by atoms with Crippen LogP contribution in [0.25, 0.3) is 21.6 Å². The molecule has 7 rings (SSSR count). The van der Waals surface area contributed by atoms with E-state index < -0.39 is 74.3 Å². The molecule has 4 heterocycles. The number of carbonyl (C=O) groups is 4. The number of ether oxygens (including phenoxy) is 2. The maximum absolute atomic E-state index is 14.6. The lowest BCUT2D eigenvalue weighted by Gasteiger charge is -2.31. The molecule has 4 aliphatic rings. The van der Waals surface area contributed by atoms with Gasteiger partial charge in [0.05, 0.1) is 27.7 Å². The first kappa shape index (κ1) is 38.7. The highest BCUT2D eigenvalue weighted by Gasteiger charge is 2.63. The molecule has 1 aromatic carbocycles. The number of aromatic nitrogens is 2. The lowest BCUT2D eigenvalue weighted by molar-refractivity contribution is -0.141. The zero-order chi connectivity index (χ0) is 39.1. The maximum Gasteiger partial charge on any atom is 0.408 e. The molecule has 3 fully saturated rings. The quantitative estimate of drug-likeness (QED) is 0.312. The van der Waals surface area contributed by atoms with Crippen molar-refractivity contribution in [3.63, 3.8) is 0 Å². The van der Waals surface area contributed by atoms with E-state index in [0.29, 0.717) is 48.8 Å². The van der Waals surface area contributed by atoms with Crippen LogP contribution in [-0.4, -0.2) is 99.6 Å². The highest BCUT2D eigenvalue weighted by Crippen LogP contribution is 2.48. The van der Waals surface area contributed by atoms with E-state index in [-0.39, 0.29) is 25.3 Å². The Bertz CT molecular complexity index is 2100. The van der Waals surface area contributed by atoms with Crippen molar-refractivity contribution >= 4 is 56.2 Å².